The maximum absolute atomic E-state index is 13.7. The van der Waals surface area contributed by atoms with E-state index < -0.39 is 23.3 Å². The van der Waals surface area contributed by atoms with Crippen LogP contribution in [0.15, 0.2) is 36.4 Å². The van der Waals surface area contributed by atoms with Gasteiger partial charge in [-0.15, -0.1) is 0 Å². The molecule has 2 aromatic rings. The van der Waals surface area contributed by atoms with Crippen LogP contribution in [0.1, 0.15) is 5.56 Å². The first-order valence-electron chi connectivity index (χ1n) is 5.57. The van der Waals surface area contributed by atoms with Crippen molar-refractivity contribution in [2.24, 2.45) is 0 Å². The number of methoxy groups -OCH3 is 1. The average Bonchev–Trinajstić information content (AvgIpc) is 2.38. The molecule has 0 unspecified atom stereocenters. The number of halogens is 4. The minimum Gasteiger partial charge on any atom is -0.507 e. The Labute approximate surface area is 112 Å². The molecular formula is C14H10F4O2. The van der Waals surface area contributed by atoms with Crippen LogP contribution in [0.5, 0.6) is 11.5 Å². The molecule has 0 amide bonds. The zero-order valence-corrected chi connectivity index (χ0v) is 10.3. The third-order valence-electron chi connectivity index (χ3n) is 2.79. The van der Waals surface area contributed by atoms with Crippen LogP contribution in [0.2, 0.25) is 0 Å². The van der Waals surface area contributed by atoms with E-state index in [-0.39, 0.29) is 11.1 Å². The topological polar surface area (TPSA) is 29.5 Å². The molecule has 0 bridgehead atoms. The predicted octanol–water partition coefficient (Wildman–Crippen LogP) is 4.23. The van der Waals surface area contributed by atoms with Crippen molar-refractivity contribution in [1.29, 1.82) is 0 Å². The maximum Gasteiger partial charge on any atom is 0.416 e. The van der Waals surface area contributed by atoms with E-state index >= 15 is 0 Å². The van der Waals surface area contributed by atoms with Crippen molar-refractivity contribution in [2.75, 3.05) is 7.11 Å². The second-order valence-corrected chi connectivity index (χ2v) is 4.08. The summed E-state index contributed by atoms with van der Waals surface area (Å²) in [6, 6.07) is 6.17. The molecule has 2 aromatic carbocycles. The first-order valence-corrected chi connectivity index (χ1v) is 5.57. The van der Waals surface area contributed by atoms with Crippen molar-refractivity contribution in [3.8, 4) is 22.6 Å². The molecular weight excluding hydrogens is 276 g/mol. The molecule has 0 saturated carbocycles. The van der Waals surface area contributed by atoms with E-state index in [2.05, 4.69) is 0 Å². The molecule has 0 aliphatic heterocycles. The summed E-state index contributed by atoms with van der Waals surface area (Å²) in [7, 11) is 1.38. The van der Waals surface area contributed by atoms with Crippen LogP contribution in [-0.4, -0.2) is 12.2 Å². The van der Waals surface area contributed by atoms with Gasteiger partial charge in [0.15, 0.2) is 0 Å². The summed E-state index contributed by atoms with van der Waals surface area (Å²) in [4.78, 5) is 0. The smallest absolute Gasteiger partial charge is 0.416 e. The minimum atomic E-state index is -4.57. The van der Waals surface area contributed by atoms with Crippen LogP contribution >= 0.6 is 0 Å². The lowest BCUT2D eigenvalue weighted by molar-refractivity contribution is -0.137. The highest BCUT2D eigenvalue weighted by Gasteiger charge is 2.31. The van der Waals surface area contributed by atoms with E-state index in [1.807, 2.05) is 0 Å². The lowest BCUT2D eigenvalue weighted by atomic mass is 10.0. The van der Waals surface area contributed by atoms with Crippen molar-refractivity contribution in [2.45, 2.75) is 6.18 Å². The van der Waals surface area contributed by atoms with Crippen molar-refractivity contribution in [3.63, 3.8) is 0 Å². The zero-order valence-electron chi connectivity index (χ0n) is 10.3. The highest BCUT2D eigenvalue weighted by atomic mass is 19.4. The summed E-state index contributed by atoms with van der Waals surface area (Å²) < 4.78 is 56.1. The first-order chi connectivity index (χ1) is 9.32. The molecule has 0 aromatic heterocycles. The van der Waals surface area contributed by atoms with Crippen molar-refractivity contribution in [3.05, 3.63) is 47.8 Å². The van der Waals surface area contributed by atoms with Gasteiger partial charge >= 0.3 is 6.18 Å². The van der Waals surface area contributed by atoms with Crippen LogP contribution < -0.4 is 4.74 Å². The molecule has 20 heavy (non-hydrogen) atoms. The van der Waals surface area contributed by atoms with Gasteiger partial charge in [0, 0.05) is 11.1 Å². The second kappa shape index (κ2) is 5.03. The van der Waals surface area contributed by atoms with Crippen LogP contribution in [0, 0.1) is 5.82 Å². The number of phenols is 1. The summed E-state index contributed by atoms with van der Waals surface area (Å²) in [5.74, 6) is -0.978. The number of phenolic OH excluding ortho intramolecular Hbond substituents is 1. The standard InChI is InChI=1S/C14H10F4O2/c1-20-9-3-5-12(15)11(7-9)10-4-2-8(6-13(10)19)14(16,17)18/h2-7,19H,1H3. The van der Waals surface area contributed by atoms with Gasteiger partial charge in [-0.2, -0.15) is 13.2 Å². The van der Waals surface area contributed by atoms with Crippen LogP contribution in [0.25, 0.3) is 11.1 Å². The largest absolute Gasteiger partial charge is 0.507 e. The third-order valence-corrected chi connectivity index (χ3v) is 2.79. The fraction of sp³-hybridized carbons (Fsp3) is 0.143. The van der Waals surface area contributed by atoms with E-state index in [9.17, 15) is 22.7 Å². The van der Waals surface area contributed by atoms with Gasteiger partial charge in [0.05, 0.1) is 12.7 Å². The lowest BCUT2D eigenvalue weighted by Crippen LogP contribution is -2.04. The SMILES string of the molecule is COc1ccc(F)c(-c2ccc(C(F)(F)F)cc2O)c1. The normalized spacial score (nSPS) is 11.4. The molecule has 6 heteroatoms. The molecule has 1 N–H and O–H groups in total. The minimum absolute atomic E-state index is 0.0319. The van der Waals surface area contributed by atoms with Gasteiger partial charge in [-0.3, -0.25) is 0 Å². The molecule has 0 heterocycles. The third kappa shape index (κ3) is 2.68. The molecule has 2 nitrogen and oxygen atoms in total. The molecule has 0 atom stereocenters. The average molecular weight is 286 g/mol. The molecule has 0 aliphatic carbocycles. The zero-order chi connectivity index (χ0) is 14.9. The Balaban J connectivity index is 2.54. The molecule has 0 radical (unpaired) electrons. The Morgan fingerprint density at radius 1 is 1.00 bits per heavy atom. The molecule has 2 rings (SSSR count). The number of hydrogen-bond donors (Lipinski definition) is 1. The van der Waals surface area contributed by atoms with Gasteiger partial charge in [-0.05, 0) is 36.4 Å². The number of rotatable bonds is 2. The van der Waals surface area contributed by atoms with Gasteiger partial charge in [0.1, 0.15) is 17.3 Å². The fourth-order valence-electron chi connectivity index (χ4n) is 1.77. The molecule has 0 fully saturated rings. The second-order valence-electron chi connectivity index (χ2n) is 4.08. The lowest BCUT2D eigenvalue weighted by Gasteiger charge is -2.11. The summed E-state index contributed by atoms with van der Waals surface area (Å²) >= 11 is 0. The van der Waals surface area contributed by atoms with E-state index in [0.717, 1.165) is 18.2 Å². The van der Waals surface area contributed by atoms with Crippen molar-refractivity contribution < 1.29 is 27.4 Å². The summed E-state index contributed by atoms with van der Waals surface area (Å²) in [5.41, 5.74) is -1.06. The Morgan fingerprint density at radius 3 is 2.25 bits per heavy atom. The molecule has 0 aliphatic rings. The van der Waals surface area contributed by atoms with Crippen LogP contribution in [0.4, 0.5) is 17.6 Å². The molecule has 0 spiro atoms. The van der Waals surface area contributed by atoms with E-state index in [1.165, 1.54) is 19.2 Å². The Bertz CT molecular complexity index is 636. The molecule has 0 saturated heterocycles. The van der Waals surface area contributed by atoms with Crippen molar-refractivity contribution in [1.82, 2.24) is 0 Å². The number of ether oxygens (including phenoxy) is 1. The molecule has 106 valence electrons. The highest BCUT2D eigenvalue weighted by molar-refractivity contribution is 5.72. The van der Waals surface area contributed by atoms with E-state index in [4.69, 9.17) is 4.74 Å². The van der Waals surface area contributed by atoms with Gasteiger partial charge in [0.25, 0.3) is 0 Å². The quantitative estimate of drug-likeness (QED) is 0.837. The van der Waals surface area contributed by atoms with Crippen molar-refractivity contribution >= 4 is 0 Å². The number of alkyl halides is 3. The Hall–Kier alpha value is -2.24. The van der Waals surface area contributed by atoms with Crippen LogP contribution in [0.3, 0.4) is 0 Å². The van der Waals surface area contributed by atoms with Gasteiger partial charge in [-0.25, -0.2) is 4.39 Å². The van der Waals surface area contributed by atoms with Gasteiger partial charge < -0.3 is 9.84 Å². The first kappa shape index (κ1) is 14.2. The maximum atomic E-state index is 13.7. The summed E-state index contributed by atoms with van der Waals surface area (Å²) in [6.45, 7) is 0. The van der Waals surface area contributed by atoms with Gasteiger partial charge in [-0.1, -0.05) is 0 Å². The predicted molar refractivity (Wildman–Crippen MR) is 65.1 cm³/mol. The highest BCUT2D eigenvalue weighted by Crippen LogP contribution is 2.38. The van der Waals surface area contributed by atoms with E-state index in [0.29, 0.717) is 11.8 Å². The number of hydrogen-bond acceptors (Lipinski definition) is 2. The van der Waals surface area contributed by atoms with Crippen LogP contribution in [-0.2, 0) is 6.18 Å². The van der Waals surface area contributed by atoms with E-state index in [1.54, 1.807) is 0 Å². The van der Waals surface area contributed by atoms with Gasteiger partial charge in [0.2, 0.25) is 0 Å². The fourth-order valence-corrected chi connectivity index (χ4v) is 1.77. The Kier molecular flexibility index (Phi) is 3.57. The number of aromatic hydroxyl groups is 1. The number of benzene rings is 2. The summed E-state index contributed by atoms with van der Waals surface area (Å²) in [6.07, 6.45) is -4.57. The Morgan fingerprint density at radius 2 is 1.70 bits per heavy atom. The monoisotopic (exact) mass is 286 g/mol. The summed E-state index contributed by atoms with van der Waals surface area (Å²) in [5, 5.41) is 9.69.